The molecule has 2 aliphatic rings. The van der Waals surface area contributed by atoms with Crippen LogP contribution in [0.2, 0.25) is 0 Å². The second kappa shape index (κ2) is 6.48. The van der Waals surface area contributed by atoms with E-state index in [0.717, 1.165) is 31.5 Å². The Hall–Kier alpha value is -1.55. The summed E-state index contributed by atoms with van der Waals surface area (Å²) in [5, 5.41) is 3.22. The van der Waals surface area contributed by atoms with Crippen LogP contribution in [0.15, 0.2) is 24.3 Å². The van der Waals surface area contributed by atoms with E-state index >= 15 is 0 Å². The zero-order valence-corrected chi connectivity index (χ0v) is 12.6. The predicted octanol–water partition coefficient (Wildman–Crippen LogP) is 1.94. The van der Waals surface area contributed by atoms with Crippen molar-refractivity contribution < 1.29 is 4.79 Å². The molecule has 114 valence electrons. The molecule has 1 aromatic carbocycles. The van der Waals surface area contributed by atoms with Crippen LogP contribution in [0.5, 0.6) is 0 Å². The minimum Gasteiger partial charge on any atom is -0.399 e. The molecule has 2 atom stereocenters. The van der Waals surface area contributed by atoms with E-state index in [4.69, 9.17) is 5.73 Å². The van der Waals surface area contributed by atoms with Crippen molar-refractivity contribution in [1.82, 2.24) is 10.2 Å². The maximum Gasteiger partial charge on any atom is 0.220 e. The summed E-state index contributed by atoms with van der Waals surface area (Å²) in [6.07, 6.45) is 6.21. The zero-order valence-electron chi connectivity index (χ0n) is 12.6. The van der Waals surface area contributed by atoms with Gasteiger partial charge in [0, 0.05) is 30.7 Å². The van der Waals surface area contributed by atoms with E-state index in [1.54, 1.807) is 0 Å². The van der Waals surface area contributed by atoms with Gasteiger partial charge in [0.25, 0.3) is 0 Å². The highest BCUT2D eigenvalue weighted by molar-refractivity contribution is 5.76. The average molecular weight is 287 g/mol. The molecule has 0 saturated carbocycles. The van der Waals surface area contributed by atoms with Gasteiger partial charge >= 0.3 is 0 Å². The molecule has 4 heteroatoms. The number of nitrogens with zero attached hydrogens (tertiary/aromatic N) is 1. The highest BCUT2D eigenvalue weighted by atomic mass is 16.1. The first-order chi connectivity index (χ1) is 10.2. The van der Waals surface area contributed by atoms with Crippen LogP contribution in [-0.2, 0) is 11.2 Å². The number of anilines is 1. The van der Waals surface area contributed by atoms with Gasteiger partial charge in [-0.1, -0.05) is 12.1 Å². The van der Waals surface area contributed by atoms with E-state index in [1.165, 1.54) is 24.9 Å². The van der Waals surface area contributed by atoms with E-state index in [9.17, 15) is 4.79 Å². The van der Waals surface area contributed by atoms with Gasteiger partial charge in [-0.05, 0) is 56.3 Å². The van der Waals surface area contributed by atoms with Crippen LogP contribution in [0.3, 0.4) is 0 Å². The van der Waals surface area contributed by atoms with Crippen LogP contribution in [0.25, 0.3) is 0 Å². The molecule has 0 aromatic heterocycles. The van der Waals surface area contributed by atoms with Crippen LogP contribution < -0.4 is 11.1 Å². The van der Waals surface area contributed by atoms with Gasteiger partial charge in [0.05, 0.1) is 0 Å². The molecule has 2 heterocycles. The lowest BCUT2D eigenvalue weighted by Gasteiger charge is -2.35. The van der Waals surface area contributed by atoms with E-state index in [1.807, 2.05) is 24.3 Å². The van der Waals surface area contributed by atoms with Gasteiger partial charge < -0.3 is 16.0 Å². The van der Waals surface area contributed by atoms with Crippen molar-refractivity contribution in [2.24, 2.45) is 0 Å². The molecule has 0 aliphatic carbocycles. The van der Waals surface area contributed by atoms with Gasteiger partial charge in [0.2, 0.25) is 5.91 Å². The summed E-state index contributed by atoms with van der Waals surface area (Å²) in [6, 6.07) is 8.87. The first-order valence-corrected chi connectivity index (χ1v) is 8.08. The molecule has 2 saturated heterocycles. The number of nitrogens with one attached hydrogen (secondary N) is 1. The first kappa shape index (κ1) is 14.4. The van der Waals surface area contributed by atoms with Crippen molar-refractivity contribution >= 4 is 11.6 Å². The SMILES string of the molecule is Nc1ccc(CCC(=O)NC2CCN3CCCC3C2)cc1. The first-order valence-electron chi connectivity index (χ1n) is 8.08. The lowest BCUT2D eigenvalue weighted by molar-refractivity contribution is -0.122. The molecule has 2 unspecified atom stereocenters. The van der Waals surface area contributed by atoms with E-state index in [-0.39, 0.29) is 5.91 Å². The number of hydrogen-bond donors (Lipinski definition) is 2. The van der Waals surface area contributed by atoms with E-state index < -0.39 is 0 Å². The topological polar surface area (TPSA) is 58.4 Å². The molecule has 4 nitrogen and oxygen atoms in total. The summed E-state index contributed by atoms with van der Waals surface area (Å²) in [5.74, 6) is 0.184. The minimum absolute atomic E-state index is 0.184. The molecule has 3 N–H and O–H groups in total. The molecule has 0 bridgehead atoms. The molecule has 21 heavy (non-hydrogen) atoms. The van der Waals surface area contributed by atoms with Crippen molar-refractivity contribution in [1.29, 1.82) is 0 Å². The Morgan fingerprint density at radius 1 is 1.24 bits per heavy atom. The summed E-state index contributed by atoms with van der Waals surface area (Å²) < 4.78 is 0. The monoisotopic (exact) mass is 287 g/mol. The lowest BCUT2D eigenvalue weighted by Crippen LogP contribution is -2.47. The third-order valence-electron chi connectivity index (χ3n) is 4.81. The van der Waals surface area contributed by atoms with Crippen LogP contribution in [0.1, 0.15) is 37.7 Å². The predicted molar refractivity (Wildman–Crippen MR) is 84.9 cm³/mol. The fourth-order valence-corrected chi connectivity index (χ4v) is 3.60. The summed E-state index contributed by atoms with van der Waals surface area (Å²) in [6.45, 7) is 2.40. The van der Waals surface area contributed by atoms with E-state index in [0.29, 0.717) is 18.5 Å². The third-order valence-corrected chi connectivity index (χ3v) is 4.81. The number of carbonyl (C=O) groups is 1. The van der Waals surface area contributed by atoms with Crippen molar-refractivity contribution in [2.45, 2.75) is 50.6 Å². The number of carbonyl (C=O) groups excluding carboxylic acids is 1. The maximum atomic E-state index is 12.1. The molecule has 1 amide bonds. The molecule has 0 radical (unpaired) electrons. The van der Waals surface area contributed by atoms with Gasteiger partial charge in [-0.15, -0.1) is 0 Å². The summed E-state index contributed by atoms with van der Waals surface area (Å²) in [5.41, 5.74) is 7.61. The molecule has 0 spiro atoms. The smallest absolute Gasteiger partial charge is 0.220 e. The molecule has 1 aromatic rings. The summed E-state index contributed by atoms with van der Waals surface area (Å²) >= 11 is 0. The van der Waals surface area contributed by atoms with E-state index in [2.05, 4.69) is 10.2 Å². The molecular weight excluding hydrogens is 262 g/mol. The van der Waals surface area contributed by atoms with Crippen LogP contribution in [0, 0.1) is 0 Å². The number of fused-ring (bicyclic) bond motifs is 1. The Morgan fingerprint density at radius 2 is 2.05 bits per heavy atom. The van der Waals surface area contributed by atoms with Crippen molar-refractivity contribution in [3.05, 3.63) is 29.8 Å². The molecule has 3 rings (SSSR count). The van der Waals surface area contributed by atoms with Gasteiger partial charge in [-0.3, -0.25) is 4.79 Å². The van der Waals surface area contributed by atoms with Gasteiger partial charge in [0.1, 0.15) is 0 Å². The average Bonchev–Trinajstić information content (AvgIpc) is 2.94. The van der Waals surface area contributed by atoms with Gasteiger partial charge in [-0.25, -0.2) is 0 Å². The zero-order chi connectivity index (χ0) is 14.7. The van der Waals surface area contributed by atoms with Crippen molar-refractivity contribution in [3.8, 4) is 0 Å². The molecule has 2 aliphatic heterocycles. The summed E-state index contributed by atoms with van der Waals surface area (Å²) in [4.78, 5) is 14.7. The van der Waals surface area contributed by atoms with Crippen molar-refractivity contribution in [2.75, 3.05) is 18.8 Å². The van der Waals surface area contributed by atoms with Gasteiger partial charge in [0.15, 0.2) is 0 Å². The Labute approximate surface area is 126 Å². The van der Waals surface area contributed by atoms with Crippen LogP contribution in [-0.4, -0.2) is 36.0 Å². The van der Waals surface area contributed by atoms with Crippen LogP contribution in [0.4, 0.5) is 5.69 Å². The Kier molecular flexibility index (Phi) is 4.44. The van der Waals surface area contributed by atoms with Crippen molar-refractivity contribution in [3.63, 3.8) is 0 Å². The van der Waals surface area contributed by atoms with Gasteiger partial charge in [-0.2, -0.15) is 0 Å². The standard InChI is InChI=1S/C17H25N3O/c18-14-6-3-13(4-7-14)5-8-17(21)19-15-9-11-20-10-1-2-16(20)12-15/h3-4,6-7,15-16H,1-2,5,8-12,18H2,(H,19,21). The number of amides is 1. The molecule has 2 fully saturated rings. The largest absolute Gasteiger partial charge is 0.399 e. The quantitative estimate of drug-likeness (QED) is 0.832. The third kappa shape index (κ3) is 3.76. The Bertz CT molecular complexity index is 485. The highest BCUT2D eigenvalue weighted by Gasteiger charge is 2.31. The number of nitrogen functional groups attached to an aromatic ring is 1. The maximum absolute atomic E-state index is 12.1. The minimum atomic E-state index is 0.184. The normalized spacial score (nSPS) is 25.5. The van der Waals surface area contributed by atoms with Crippen LogP contribution >= 0.6 is 0 Å². The second-order valence-corrected chi connectivity index (χ2v) is 6.36. The Balaban J connectivity index is 1.43. The lowest BCUT2D eigenvalue weighted by atomic mass is 9.97. The Morgan fingerprint density at radius 3 is 2.86 bits per heavy atom. The number of rotatable bonds is 4. The molecular formula is C17H25N3O. The number of hydrogen-bond acceptors (Lipinski definition) is 3. The number of aryl methyl sites for hydroxylation is 1. The number of nitrogens with two attached hydrogens (primary N) is 1. The highest BCUT2D eigenvalue weighted by Crippen LogP contribution is 2.26. The fourth-order valence-electron chi connectivity index (χ4n) is 3.60. The number of benzene rings is 1. The second-order valence-electron chi connectivity index (χ2n) is 6.36. The number of piperidine rings is 1. The summed E-state index contributed by atoms with van der Waals surface area (Å²) in [7, 11) is 0. The fraction of sp³-hybridized carbons (Fsp3) is 0.588.